The van der Waals surface area contributed by atoms with Crippen molar-refractivity contribution in [1.29, 1.82) is 0 Å². The van der Waals surface area contributed by atoms with Gasteiger partial charge in [0.25, 0.3) is 0 Å². The Morgan fingerprint density at radius 2 is 1.41 bits per heavy atom. The topological polar surface area (TPSA) is 57.2 Å². The summed E-state index contributed by atoms with van der Waals surface area (Å²) in [6.45, 7) is 4.41. The first-order valence-electron chi connectivity index (χ1n) is 9.97. The van der Waals surface area contributed by atoms with E-state index in [0.29, 0.717) is 0 Å². The zero-order chi connectivity index (χ0) is 19.0. The van der Waals surface area contributed by atoms with Crippen molar-refractivity contribution in [3.8, 4) is 0 Å². The molecule has 0 spiro atoms. The zero-order valence-electron chi connectivity index (χ0n) is 17.1. The molecule has 0 N–H and O–H groups in total. The fourth-order valence-corrected chi connectivity index (χ4v) is 4.06. The maximum atomic E-state index is 11.5. The predicted molar refractivity (Wildman–Crippen MR) is 108 cm³/mol. The SMILES string of the molecule is CCCCCCc1ccc2ccc(S(=O)(=O)[O-])cc2c1CCCCCC.[Na+]. The molecule has 2 aromatic carbocycles. The summed E-state index contributed by atoms with van der Waals surface area (Å²) in [5, 5.41) is 1.95. The molecule has 0 saturated carbocycles. The van der Waals surface area contributed by atoms with Gasteiger partial charge in [0.15, 0.2) is 0 Å². The van der Waals surface area contributed by atoms with E-state index in [4.69, 9.17) is 0 Å². The van der Waals surface area contributed by atoms with Gasteiger partial charge in [-0.1, -0.05) is 70.6 Å². The van der Waals surface area contributed by atoms with Crippen molar-refractivity contribution >= 4 is 20.9 Å². The number of fused-ring (bicyclic) bond motifs is 1. The molecule has 144 valence electrons. The van der Waals surface area contributed by atoms with Gasteiger partial charge in [-0.3, -0.25) is 0 Å². The molecular formula is C22H31NaO3S. The third-order valence-electron chi connectivity index (χ3n) is 5.07. The van der Waals surface area contributed by atoms with E-state index < -0.39 is 10.1 Å². The molecule has 0 heterocycles. The molecule has 0 amide bonds. The van der Waals surface area contributed by atoms with Crippen LogP contribution < -0.4 is 29.6 Å². The molecular weight excluding hydrogens is 367 g/mol. The molecule has 0 atom stereocenters. The number of rotatable bonds is 11. The largest absolute Gasteiger partial charge is 1.00 e. The monoisotopic (exact) mass is 398 g/mol. The Hall–Kier alpha value is -0.390. The Kier molecular flexibility index (Phi) is 11.2. The second-order valence-electron chi connectivity index (χ2n) is 7.16. The van der Waals surface area contributed by atoms with E-state index in [0.717, 1.165) is 36.5 Å². The van der Waals surface area contributed by atoms with Gasteiger partial charge in [-0.25, -0.2) is 8.42 Å². The molecule has 2 rings (SSSR count). The fourth-order valence-electron chi connectivity index (χ4n) is 3.56. The molecule has 3 nitrogen and oxygen atoms in total. The molecule has 2 aromatic rings. The van der Waals surface area contributed by atoms with Gasteiger partial charge >= 0.3 is 29.6 Å². The standard InChI is InChI=1S/C22H32O3S.Na/c1-3-5-7-9-11-18-13-14-19-15-16-20(26(23,24)25)17-22(19)21(18)12-10-8-6-4-2;/h13-17H,3-12H2,1-2H3,(H,23,24,25);/q;+1/p-1. The van der Waals surface area contributed by atoms with Crippen LogP contribution in [0.25, 0.3) is 10.8 Å². The second kappa shape index (κ2) is 12.2. The van der Waals surface area contributed by atoms with Crippen molar-refractivity contribution in [2.45, 2.75) is 83.0 Å². The quantitative estimate of drug-likeness (QED) is 0.332. The summed E-state index contributed by atoms with van der Waals surface area (Å²) in [6, 6.07) is 9.02. The first-order valence-corrected chi connectivity index (χ1v) is 11.4. The van der Waals surface area contributed by atoms with E-state index in [1.807, 2.05) is 0 Å². The van der Waals surface area contributed by atoms with Crippen molar-refractivity contribution < 1.29 is 42.5 Å². The molecule has 27 heavy (non-hydrogen) atoms. The van der Waals surface area contributed by atoms with Crippen LogP contribution in [0.15, 0.2) is 35.2 Å². The molecule has 5 heteroatoms. The predicted octanol–water partition coefficient (Wildman–Crippen LogP) is 2.99. The third kappa shape index (κ3) is 7.51. The molecule has 0 radical (unpaired) electrons. The molecule has 0 aromatic heterocycles. The summed E-state index contributed by atoms with van der Waals surface area (Å²) in [6.07, 6.45) is 11.5. The Balaban J connectivity index is 0.00000364. The average Bonchev–Trinajstić information content (AvgIpc) is 2.62. The fraction of sp³-hybridized carbons (Fsp3) is 0.545. The first-order chi connectivity index (χ1) is 12.5. The maximum Gasteiger partial charge on any atom is 1.00 e. The van der Waals surface area contributed by atoms with Crippen LogP contribution in [0.3, 0.4) is 0 Å². The summed E-state index contributed by atoms with van der Waals surface area (Å²) in [7, 11) is -4.43. The molecule has 0 fully saturated rings. The van der Waals surface area contributed by atoms with Crippen LogP contribution in [0.1, 0.15) is 76.3 Å². The Labute approximate surface area is 187 Å². The number of benzene rings is 2. The molecule has 0 aliphatic carbocycles. The number of hydrogen-bond acceptors (Lipinski definition) is 3. The summed E-state index contributed by atoms with van der Waals surface area (Å²) in [4.78, 5) is -0.122. The van der Waals surface area contributed by atoms with E-state index in [9.17, 15) is 13.0 Å². The van der Waals surface area contributed by atoms with E-state index in [1.54, 1.807) is 12.1 Å². The van der Waals surface area contributed by atoms with Crippen molar-refractivity contribution in [3.05, 3.63) is 41.5 Å². The minimum Gasteiger partial charge on any atom is -0.744 e. The van der Waals surface area contributed by atoms with Gasteiger partial charge in [0, 0.05) is 0 Å². The van der Waals surface area contributed by atoms with Gasteiger partial charge in [0.2, 0.25) is 0 Å². The van der Waals surface area contributed by atoms with E-state index >= 15 is 0 Å². The Bertz CT molecular complexity index is 816. The van der Waals surface area contributed by atoms with Crippen molar-refractivity contribution in [2.75, 3.05) is 0 Å². The van der Waals surface area contributed by atoms with Crippen molar-refractivity contribution in [1.82, 2.24) is 0 Å². The minimum absolute atomic E-state index is 0. The molecule has 0 bridgehead atoms. The van der Waals surface area contributed by atoms with Crippen LogP contribution >= 0.6 is 0 Å². The first kappa shape index (κ1) is 24.6. The number of hydrogen-bond donors (Lipinski definition) is 0. The van der Waals surface area contributed by atoms with Crippen LogP contribution in [0.4, 0.5) is 0 Å². The van der Waals surface area contributed by atoms with Gasteiger partial charge in [-0.2, -0.15) is 0 Å². The van der Waals surface area contributed by atoms with Crippen LogP contribution in [0, 0.1) is 0 Å². The molecule has 0 aliphatic rings. The van der Waals surface area contributed by atoms with Crippen molar-refractivity contribution in [2.24, 2.45) is 0 Å². The smallest absolute Gasteiger partial charge is 0.744 e. The third-order valence-corrected chi connectivity index (χ3v) is 5.90. The summed E-state index contributed by atoms with van der Waals surface area (Å²) in [5.74, 6) is 0. The molecule has 0 saturated heterocycles. The van der Waals surface area contributed by atoms with Gasteiger partial charge in [0.1, 0.15) is 10.1 Å². The number of aryl methyl sites for hydroxylation is 2. The molecule has 0 aliphatic heterocycles. The second-order valence-corrected chi connectivity index (χ2v) is 8.54. The van der Waals surface area contributed by atoms with Crippen molar-refractivity contribution in [3.63, 3.8) is 0 Å². The zero-order valence-corrected chi connectivity index (χ0v) is 19.9. The maximum absolute atomic E-state index is 11.5. The van der Waals surface area contributed by atoms with Crippen LogP contribution in [-0.4, -0.2) is 13.0 Å². The van der Waals surface area contributed by atoms with Gasteiger partial charge < -0.3 is 4.55 Å². The minimum atomic E-state index is -4.43. The van der Waals surface area contributed by atoms with Gasteiger partial charge in [-0.15, -0.1) is 0 Å². The average molecular weight is 399 g/mol. The van der Waals surface area contributed by atoms with E-state index in [1.165, 1.54) is 55.7 Å². The van der Waals surface area contributed by atoms with Crippen LogP contribution in [0.5, 0.6) is 0 Å². The summed E-state index contributed by atoms with van der Waals surface area (Å²) >= 11 is 0. The van der Waals surface area contributed by atoms with Gasteiger partial charge in [-0.05, 0) is 59.7 Å². The summed E-state index contributed by atoms with van der Waals surface area (Å²) in [5.41, 5.74) is 2.55. The van der Waals surface area contributed by atoms with E-state index in [2.05, 4.69) is 26.0 Å². The van der Waals surface area contributed by atoms with Crippen LogP contribution in [-0.2, 0) is 23.0 Å². The van der Waals surface area contributed by atoms with Gasteiger partial charge in [0.05, 0.1) is 4.90 Å². The summed E-state index contributed by atoms with van der Waals surface area (Å²) < 4.78 is 34.4. The number of unbranched alkanes of at least 4 members (excludes halogenated alkanes) is 6. The van der Waals surface area contributed by atoms with Crippen LogP contribution in [0.2, 0.25) is 0 Å². The normalized spacial score (nSPS) is 11.5. The van der Waals surface area contributed by atoms with E-state index in [-0.39, 0.29) is 34.5 Å². The Morgan fingerprint density at radius 1 is 0.815 bits per heavy atom. The molecule has 0 unspecified atom stereocenters. The Morgan fingerprint density at radius 3 is 2.00 bits per heavy atom.